The molecule has 0 aromatic heterocycles. The highest BCUT2D eigenvalue weighted by Gasteiger charge is 2.41. The Morgan fingerprint density at radius 2 is 2.04 bits per heavy atom. The maximum Gasteiger partial charge on any atom is 0.265 e. The van der Waals surface area contributed by atoms with E-state index in [1.54, 1.807) is 12.1 Å². The molecular weight excluding hydrogens is 328 g/mol. The van der Waals surface area contributed by atoms with Crippen molar-refractivity contribution < 1.29 is 28.7 Å². The van der Waals surface area contributed by atoms with E-state index in [9.17, 15) is 19.2 Å². The number of carbonyl (C=O) groups is 4. The Bertz CT molecular complexity index is 688. The van der Waals surface area contributed by atoms with Crippen molar-refractivity contribution in [2.24, 2.45) is 5.73 Å². The fourth-order valence-electron chi connectivity index (χ4n) is 2.60. The SMILES string of the molecule is CCOCCOc1cccc2c1C(=O)N(C(C=O)CCC(N)=O)C2=O. The van der Waals surface area contributed by atoms with Crippen LogP contribution in [0.5, 0.6) is 5.75 Å². The van der Waals surface area contributed by atoms with Crippen molar-refractivity contribution in [1.29, 1.82) is 0 Å². The molecule has 0 fully saturated rings. The fraction of sp³-hybridized carbons (Fsp3) is 0.412. The second-order valence-corrected chi connectivity index (χ2v) is 5.41. The zero-order valence-corrected chi connectivity index (χ0v) is 13.9. The first-order valence-electron chi connectivity index (χ1n) is 7.96. The molecule has 3 amide bonds. The van der Waals surface area contributed by atoms with Crippen molar-refractivity contribution in [3.8, 4) is 5.75 Å². The van der Waals surface area contributed by atoms with Crippen molar-refractivity contribution in [2.45, 2.75) is 25.8 Å². The molecule has 1 aromatic rings. The average Bonchev–Trinajstić information content (AvgIpc) is 2.85. The molecule has 1 aliphatic rings. The van der Waals surface area contributed by atoms with Crippen LogP contribution in [-0.4, -0.2) is 54.8 Å². The summed E-state index contributed by atoms with van der Waals surface area (Å²) in [6.45, 7) is 2.97. The molecule has 8 nitrogen and oxygen atoms in total. The number of nitrogens with two attached hydrogens (primary N) is 1. The van der Waals surface area contributed by atoms with Crippen molar-refractivity contribution >= 4 is 24.0 Å². The Kier molecular flexibility index (Phi) is 6.24. The Hall–Kier alpha value is -2.74. The molecule has 1 aliphatic heterocycles. The summed E-state index contributed by atoms with van der Waals surface area (Å²) in [6, 6.07) is 3.64. The number of benzene rings is 1. The van der Waals surface area contributed by atoms with Crippen molar-refractivity contribution in [3.63, 3.8) is 0 Å². The Balaban J connectivity index is 2.22. The summed E-state index contributed by atoms with van der Waals surface area (Å²) in [4.78, 5) is 48.3. The van der Waals surface area contributed by atoms with Crippen LogP contribution in [0.25, 0.3) is 0 Å². The predicted octanol–water partition coefficient (Wildman–Crippen LogP) is 0.531. The molecular formula is C17H20N2O6. The number of hydrogen-bond acceptors (Lipinski definition) is 6. The smallest absolute Gasteiger partial charge is 0.265 e. The van der Waals surface area contributed by atoms with Crippen LogP contribution in [0.2, 0.25) is 0 Å². The van der Waals surface area contributed by atoms with E-state index in [-0.39, 0.29) is 36.3 Å². The van der Waals surface area contributed by atoms with Crippen LogP contribution in [0.3, 0.4) is 0 Å². The Morgan fingerprint density at radius 3 is 2.68 bits per heavy atom. The van der Waals surface area contributed by atoms with Crippen molar-refractivity contribution in [1.82, 2.24) is 4.90 Å². The lowest BCUT2D eigenvalue weighted by molar-refractivity contribution is -0.118. The lowest BCUT2D eigenvalue weighted by atomic mass is 10.1. The highest BCUT2D eigenvalue weighted by atomic mass is 16.5. The first-order valence-corrected chi connectivity index (χ1v) is 7.96. The Morgan fingerprint density at radius 1 is 1.28 bits per heavy atom. The molecule has 0 saturated heterocycles. The highest BCUT2D eigenvalue weighted by Crippen LogP contribution is 2.32. The number of nitrogens with zero attached hydrogens (tertiary/aromatic N) is 1. The monoisotopic (exact) mass is 348 g/mol. The number of primary amides is 1. The molecule has 0 aliphatic carbocycles. The molecule has 0 bridgehead atoms. The zero-order valence-electron chi connectivity index (χ0n) is 13.9. The van der Waals surface area contributed by atoms with E-state index in [2.05, 4.69) is 0 Å². The third kappa shape index (κ3) is 4.03. The van der Waals surface area contributed by atoms with E-state index >= 15 is 0 Å². The summed E-state index contributed by atoms with van der Waals surface area (Å²) in [7, 11) is 0. The van der Waals surface area contributed by atoms with Crippen LogP contribution < -0.4 is 10.5 Å². The van der Waals surface area contributed by atoms with Crippen molar-refractivity contribution in [2.75, 3.05) is 19.8 Å². The quantitative estimate of drug-likeness (QED) is 0.375. The molecule has 0 spiro atoms. The lowest BCUT2D eigenvalue weighted by Crippen LogP contribution is -2.41. The number of rotatable bonds is 10. The standard InChI is InChI=1S/C17H20N2O6/c1-2-24-8-9-25-13-5-3-4-12-15(13)17(23)19(16(12)22)11(10-20)6-7-14(18)21/h3-5,10-11H,2,6-9H2,1H3,(H2,18,21). The number of amides is 3. The topological polar surface area (TPSA) is 116 Å². The van der Waals surface area contributed by atoms with Gasteiger partial charge in [0.25, 0.3) is 11.8 Å². The average molecular weight is 348 g/mol. The molecule has 0 radical (unpaired) electrons. The summed E-state index contributed by atoms with van der Waals surface area (Å²) >= 11 is 0. The minimum atomic E-state index is -1.05. The minimum absolute atomic E-state index is 0.00909. The number of hydrogen-bond donors (Lipinski definition) is 1. The molecule has 1 atom stereocenters. The van der Waals surface area contributed by atoms with Gasteiger partial charge in [-0.3, -0.25) is 19.3 Å². The molecule has 2 rings (SSSR count). The van der Waals surface area contributed by atoms with Gasteiger partial charge >= 0.3 is 0 Å². The van der Waals surface area contributed by atoms with Gasteiger partial charge in [-0.25, -0.2) is 0 Å². The van der Waals surface area contributed by atoms with E-state index in [4.69, 9.17) is 15.2 Å². The van der Waals surface area contributed by atoms with Crippen LogP contribution in [0.4, 0.5) is 0 Å². The van der Waals surface area contributed by atoms with E-state index in [1.807, 2.05) is 6.92 Å². The van der Waals surface area contributed by atoms with Gasteiger partial charge in [-0.1, -0.05) is 6.07 Å². The van der Waals surface area contributed by atoms with Crippen LogP contribution in [0, 0.1) is 0 Å². The number of ether oxygens (including phenoxy) is 2. The molecule has 1 heterocycles. The van der Waals surface area contributed by atoms with Gasteiger partial charge in [0, 0.05) is 13.0 Å². The maximum atomic E-state index is 12.7. The summed E-state index contributed by atoms with van der Waals surface area (Å²) in [5.74, 6) is -1.55. The van der Waals surface area contributed by atoms with E-state index in [0.717, 1.165) is 4.90 Å². The van der Waals surface area contributed by atoms with Gasteiger partial charge in [0.1, 0.15) is 18.6 Å². The fourth-order valence-corrected chi connectivity index (χ4v) is 2.60. The minimum Gasteiger partial charge on any atom is -0.490 e. The highest BCUT2D eigenvalue weighted by molar-refractivity contribution is 6.23. The first kappa shape index (κ1) is 18.6. The molecule has 0 saturated carbocycles. The van der Waals surface area contributed by atoms with Crippen LogP contribution in [-0.2, 0) is 14.3 Å². The number of aldehydes is 1. The molecule has 1 aromatic carbocycles. The van der Waals surface area contributed by atoms with Gasteiger partial charge in [0.05, 0.1) is 23.8 Å². The first-order chi connectivity index (χ1) is 12.0. The summed E-state index contributed by atoms with van der Waals surface area (Å²) in [6.07, 6.45) is 0.361. The van der Waals surface area contributed by atoms with Gasteiger partial charge in [-0.15, -0.1) is 0 Å². The molecule has 25 heavy (non-hydrogen) atoms. The second kappa shape index (κ2) is 8.39. The summed E-state index contributed by atoms with van der Waals surface area (Å²) in [5.41, 5.74) is 5.37. The number of carbonyl (C=O) groups excluding carboxylic acids is 4. The maximum absolute atomic E-state index is 12.7. The molecule has 134 valence electrons. The van der Waals surface area contributed by atoms with E-state index in [1.165, 1.54) is 6.07 Å². The van der Waals surface area contributed by atoms with E-state index < -0.39 is 23.8 Å². The van der Waals surface area contributed by atoms with Crippen LogP contribution >= 0.6 is 0 Å². The van der Waals surface area contributed by atoms with Gasteiger partial charge in [-0.05, 0) is 25.5 Å². The van der Waals surface area contributed by atoms with Gasteiger partial charge in [0.2, 0.25) is 5.91 Å². The van der Waals surface area contributed by atoms with Gasteiger partial charge < -0.3 is 20.0 Å². The predicted molar refractivity (Wildman–Crippen MR) is 87.2 cm³/mol. The number of fused-ring (bicyclic) bond motifs is 1. The van der Waals surface area contributed by atoms with Crippen molar-refractivity contribution in [3.05, 3.63) is 29.3 Å². The second-order valence-electron chi connectivity index (χ2n) is 5.41. The molecule has 8 heteroatoms. The summed E-state index contributed by atoms with van der Waals surface area (Å²) < 4.78 is 10.7. The van der Waals surface area contributed by atoms with Gasteiger partial charge in [0.15, 0.2) is 0 Å². The largest absolute Gasteiger partial charge is 0.490 e. The zero-order chi connectivity index (χ0) is 18.4. The third-order valence-electron chi connectivity index (χ3n) is 3.77. The molecule has 2 N–H and O–H groups in total. The van der Waals surface area contributed by atoms with E-state index in [0.29, 0.717) is 19.5 Å². The third-order valence-corrected chi connectivity index (χ3v) is 3.77. The normalized spacial score (nSPS) is 14.4. The van der Waals surface area contributed by atoms with Gasteiger partial charge in [-0.2, -0.15) is 0 Å². The molecule has 1 unspecified atom stereocenters. The lowest BCUT2D eigenvalue weighted by Gasteiger charge is -2.20. The van der Waals surface area contributed by atoms with Crippen LogP contribution in [0.15, 0.2) is 18.2 Å². The Labute approximate surface area is 144 Å². The number of imide groups is 1. The summed E-state index contributed by atoms with van der Waals surface area (Å²) in [5, 5.41) is 0. The van der Waals surface area contributed by atoms with Crippen LogP contribution in [0.1, 0.15) is 40.5 Å².